The summed E-state index contributed by atoms with van der Waals surface area (Å²) in [7, 11) is 3.38. The molecule has 102 valence electrons. The molecule has 4 heteroatoms. The fraction of sp³-hybridized carbons (Fsp3) is 0.571. The van der Waals surface area contributed by atoms with Gasteiger partial charge in [0.2, 0.25) is 0 Å². The molecule has 0 radical (unpaired) electrons. The number of alkyl halides is 1. The van der Waals surface area contributed by atoms with Crippen LogP contribution in [0.1, 0.15) is 43.0 Å². The Morgan fingerprint density at radius 1 is 1.11 bits per heavy atom. The lowest BCUT2D eigenvalue weighted by Gasteiger charge is -2.16. The van der Waals surface area contributed by atoms with Crippen molar-refractivity contribution in [1.29, 1.82) is 0 Å². The van der Waals surface area contributed by atoms with Crippen molar-refractivity contribution in [2.75, 3.05) is 14.2 Å². The highest BCUT2D eigenvalue weighted by atomic mass is 79.9. The predicted octanol–water partition coefficient (Wildman–Crippen LogP) is 5.48. The van der Waals surface area contributed by atoms with E-state index in [9.17, 15) is 0 Å². The van der Waals surface area contributed by atoms with Gasteiger partial charge in [0, 0.05) is 10.4 Å². The van der Waals surface area contributed by atoms with Crippen LogP contribution >= 0.6 is 31.9 Å². The molecule has 0 saturated carbocycles. The number of rotatable bonds is 7. The first-order valence-electron chi connectivity index (χ1n) is 6.19. The highest BCUT2D eigenvalue weighted by molar-refractivity contribution is 9.10. The Hall–Kier alpha value is -0.220. The molecular formula is C14H20Br2O2. The molecule has 1 aromatic rings. The summed E-state index contributed by atoms with van der Waals surface area (Å²) < 4.78 is 11.7. The van der Waals surface area contributed by atoms with E-state index >= 15 is 0 Å². The van der Waals surface area contributed by atoms with Gasteiger partial charge in [0.05, 0.1) is 18.7 Å². The molecule has 0 fully saturated rings. The molecule has 0 bridgehead atoms. The number of hydrogen-bond acceptors (Lipinski definition) is 2. The lowest BCUT2D eigenvalue weighted by Crippen LogP contribution is -1.98. The Balaban J connectivity index is 2.90. The van der Waals surface area contributed by atoms with Gasteiger partial charge in [0.1, 0.15) is 11.5 Å². The number of hydrogen-bond donors (Lipinski definition) is 0. The summed E-state index contributed by atoms with van der Waals surface area (Å²) in [5, 5.41) is 0. The minimum atomic E-state index is 0.306. The zero-order valence-corrected chi connectivity index (χ0v) is 14.3. The van der Waals surface area contributed by atoms with E-state index in [0.717, 1.165) is 28.0 Å². The third-order valence-electron chi connectivity index (χ3n) is 2.90. The fourth-order valence-corrected chi connectivity index (χ4v) is 3.02. The first-order chi connectivity index (χ1) is 8.63. The van der Waals surface area contributed by atoms with Crippen LogP contribution in [-0.2, 0) is 0 Å². The summed E-state index contributed by atoms with van der Waals surface area (Å²) in [5.41, 5.74) is 1.15. The first-order valence-corrected chi connectivity index (χ1v) is 7.90. The van der Waals surface area contributed by atoms with Gasteiger partial charge in [-0.05, 0) is 34.5 Å². The second-order valence-electron chi connectivity index (χ2n) is 4.19. The van der Waals surface area contributed by atoms with Crippen molar-refractivity contribution < 1.29 is 9.47 Å². The average Bonchev–Trinajstić information content (AvgIpc) is 2.38. The summed E-state index contributed by atoms with van der Waals surface area (Å²) in [5.74, 6) is 1.73. The lowest BCUT2D eigenvalue weighted by molar-refractivity contribution is 0.396. The van der Waals surface area contributed by atoms with E-state index < -0.39 is 0 Å². The van der Waals surface area contributed by atoms with Gasteiger partial charge in [-0.25, -0.2) is 0 Å². The largest absolute Gasteiger partial charge is 0.496 e. The Bertz CT molecular complexity index is 380. The maximum absolute atomic E-state index is 5.44. The van der Waals surface area contributed by atoms with Crippen molar-refractivity contribution in [2.45, 2.75) is 37.4 Å². The molecule has 2 nitrogen and oxygen atoms in total. The van der Waals surface area contributed by atoms with Gasteiger partial charge >= 0.3 is 0 Å². The van der Waals surface area contributed by atoms with Crippen LogP contribution < -0.4 is 9.47 Å². The zero-order chi connectivity index (χ0) is 13.5. The number of benzene rings is 1. The van der Waals surface area contributed by atoms with E-state index in [2.05, 4.69) is 38.8 Å². The van der Waals surface area contributed by atoms with Crippen LogP contribution in [-0.4, -0.2) is 14.2 Å². The number of halogens is 2. The minimum Gasteiger partial charge on any atom is -0.496 e. The Labute approximate surface area is 126 Å². The van der Waals surface area contributed by atoms with E-state index in [4.69, 9.17) is 9.47 Å². The van der Waals surface area contributed by atoms with Crippen LogP contribution in [0.2, 0.25) is 0 Å². The lowest BCUT2D eigenvalue weighted by atomic mass is 10.0. The highest BCUT2D eigenvalue weighted by Gasteiger charge is 2.16. The molecule has 0 aliphatic carbocycles. The maximum Gasteiger partial charge on any atom is 0.133 e. The maximum atomic E-state index is 5.44. The van der Waals surface area contributed by atoms with Gasteiger partial charge in [-0.1, -0.05) is 42.1 Å². The van der Waals surface area contributed by atoms with Crippen molar-refractivity contribution in [3.63, 3.8) is 0 Å². The third-order valence-corrected chi connectivity index (χ3v) is 4.47. The third kappa shape index (κ3) is 4.16. The SMILES string of the molecule is CCCCCC(Br)c1cc(OC)c(Br)cc1OC. The second kappa shape index (κ2) is 8.05. The van der Waals surface area contributed by atoms with Crippen LogP contribution in [0.3, 0.4) is 0 Å². The van der Waals surface area contributed by atoms with E-state index in [-0.39, 0.29) is 0 Å². The molecule has 1 aromatic carbocycles. The van der Waals surface area contributed by atoms with E-state index in [0.29, 0.717) is 4.83 Å². The standard InChI is InChI=1S/C14H20Br2O2/c1-4-5-6-7-11(15)10-8-14(18-3)12(16)9-13(10)17-2/h8-9,11H,4-7H2,1-3H3. The number of methoxy groups -OCH3 is 2. The molecule has 1 unspecified atom stereocenters. The smallest absolute Gasteiger partial charge is 0.133 e. The quantitative estimate of drug-likeness (QED) is 0.461. The van der Waals surface area contributed by atoms with Crippen molar-refractivity contribution in [2.24, 2.45) is 0 Å². The van der Waals surface area contributed by atoms with Gasteiger partial charge < -0.3 is 9.47 Å². The number of ether oxygens (including phenoxy) is 2. The first kappa shape index (κ1) is 15.8. The molecular weight excluding hydrogens is 360 g/mol. The summed E-state index contributed by atoms with van der Waals surface area (Å²) in [6, 6.07) is 4.00. The monoisotopic (exact) mass is 378 g/mol. The normalized spacial score (nSPS) is 12.3. The molecule has 0 amide bonds. The zero-order valence-electron chi connectivity index (χ0n) is 11.1. The van der Waals surface area contributed by atoms with Crippen LogP contribution in [0.4, 0.5) is 0 Å². The Kier molecular flexibility index (Phi) is 7.08. The molecule has 0 aliphatic heterocycles. The summed E-state index contributed by atoms with van der Waals surface area (Å²) in [4.78, 5) is 0.306. The van der Waals surface area contributed by atoms with Gasteiger partial charge in [0.25, 0.3) is 0 Å². The van der Waals surface area contributed by atoms with Crippen LogP contribution in [0.25, 0.3) is 0 Å². The molecule has 0 aliphatic rings. The Morgan fingerprint density at radius 3 is 2.33 bits per heavy atom. The van der Waals surface area contributed by atoms with Crippen LogP contribution in [0.15, 0.2) is 16.6 Å². The van der Waals surface area contributed by atoms with E-state index in [1.807, 2.05) is 12.1 Å². The summed E-state index contributed by atoms with van der Waals surface area (Å²) in [6.07, 6.45) is 4.82. The summed E-state index contributed by atoms with van der Waals surface area (Å²) in [6.45, 7) is 2.21. The Morgan fingerprint density at radius 2 is 1.78 bits per heavy atom. The van der Waals surface area contributed by atoms with Crippen molar-refractivity contribution >= 4 is 31.9 Å². The fourth-order valence-electron chi connectivity index (χ4n) is 1.86. The minimum absolute atomic E-state index is 0.306. The topological polar surface area (TPSA) is 18.5 Å². The molecule has 18 heavy (non-hydrogen) atoms. The van der Waals surface area contributed by atoms with Crippen molar-refractivity contribution in [1.82, 2.24) is 0 Å². The molecule has 0 N–H and O–H groups in total. The van der Waals surface area contributed by atoms with Gasteiger partial charge in [-0.3, -0.25) is 0 Å². The molecule has 0 saturated heterocycles. The van der Waals surface area contributed by atoms with E-state index in [1.165, 1.54) is 19.3 Å². The van der Waals surface area contributed by atoms with Gasteiger partial charge in [0.15, 0.2) is 0 Å². The van der Waals surface area contributed by atoms with Crippen LogP contribution in [0.5, 0.6) is 11.5 Å². The molecule has 0 aromatic heterocycles. The van der Waals surface area contributed by atoms with Gasteiger partial charge in [-0.2, -0.15) is 0 Å². The average molecular weight is 380 g/mol. The van der Waals surface area contributed by atoms with Crippen molar-refractivity contribution in [3.05, 3.63) is 22.2 Å². The summed E-state index contributed by atoms with van der Waals surface area (Å²) >= 11 is 7.22. The second-order valence-corrected chi connectivity index (χ2v) is 6.15. The van der Waals surface area contributed by atoms with Crippen LogP contribution in [0, 0.1) is 0 Å². The number of unbranched alkanes of at least 4 members (excludes halogenated alkanes) is 2. The molecule has 0 spiro atoms. The molecule has 1 atom stereocenters. The highest BCUT2D eigenvalue weighted by Crippen LogP contribution is 2.40. The van der Waals surface area contributed by atoms with Crippen molar-refractivity contribution in [3.8, 4) is 11.5 Å². The molecule has 1 rings (SSSR count). The van der Waals surface area contributed by atoms with E-state index in [1.54, 1.807) is 14.2 Å². The van der Waals surface area contributed by atoms with Gasteiger partial charge in [-0.15, -0.1) is 0 Å². The predicted molar refractivity (Wildman–Crippen MR) is 83.1 cm³/mol. The molecule has 0 heterocycles.